The molecule has 0 saturated carbocycles. The van der Waals surface area contributed by atoms with Crippen LogP contribution in [-0.2, 0) is 4.79 Å². The van der Waals surface area contributed by atoms with E-state index in [2.05, 4.69) is 0 Å². The first kappa shape index (κ1) is 18.4. The molecule has 1 amide bonds. The second-order valence-corrected chi connectivity index (χ2v) is 7.23. The molecular formula is C17H11ClN2O4S2. The first-order valence-corrected chi connectivity index (χ1v) is 8.87. The summed E-state index contributed by atoms with van der Waals surface area (Å²) in [7, 11) is 1.50. The maximum absolute atomic E-state index is 12.8. The Morgan fingerprint density at radius 1 is 1.31 bits per heavy atom. The van der Waals surface area contributed by atoms with Crippen LogP contribution in [0.4, 0.5) is 11.4 Å². The summed E-state index contributed by atoms with van der Waals surface area (Å²) in [6.07, 6.45) is 1.47. The molecule has 1 fully saturated rings. The maximum atomic E-state index is 12.8. The number of nitrogens with zero attached hydrogens (tertiary/aromatic N) is 2. The highest BCUT2D eigenvalue weighted by atomic mass is 35.5. The van der Waals surface area contributed by atoms with E-state index in [9.17, 15) is 14.9 Å². The van der Waals surface area contributed by atoms with Crippen molar-refractivity contribution in [1.29, 1.82) is 0 Å². The number of halogens is 1. The van der Waals surface area contributed by atoms with Crippen LogP contribution in [0.25, 0.3) is 6.08 Å². The Morgan fingerprint density at radius 2 is 2.04 bits per heavy atom. The first-order valence-electron chi connectivity index (χ1n) is 7.27. The van der Waals surface area contributed by atoms with Crippen LogP contribution in [0.5, 0.6) is 5.75 Å². The summed E-state index contributed by atoms with van der Waals surface area (Å²) in [5.41, 5.74) is 0.764. The number of rotatable bonds is 4. The van der Waals surface area contributed by atoms with Gasteiger partial charge in [-0.3, -0.25) is 19.8 Å². The third-order valence-corrected chi connectivity index (χ3v) is 5.20. The molecule has 0 radical (unpaired) electrons. The number of methoxy groups -OCH3 is 1. The molecule has 2 aromatic rings. The van der Waals surface area contributed by atoms with Gasteiger partial charge in [-0.15, -0.1) is 0 Å². The van der Waals surface area contributed by atoms with Gasteiger partial charge in [0, 0.05) is 6.07 Å². The molecule has 1 heterocycles. The third kappa shape index (κ3) is 3.44. The summed E-state index contributed by atoms with van der Waals surface area (Å²) in [6.45, 7) is 0. The van der Waals surface area contributed by atoms with Crippen molar-refractivity contribution in [1.82, 2.24) is 0 Å². The van der Waals surface area contributed by atoms with Crippen LogP contribution in [0.1, 0.15) is 5.56 Å². The Bertz CT molecular complexity index is 962. The fourth-order valence-electron chi connectivity index (χ4n) is 2.40. The number of anilines is 1. The van der Waals surface area contributed by atoms with E-state index in [-0.39, 0.29) is 11.6 Å². The molecule has 0 aromatic heterocycles. The quantitative estimate of drug-likeness (QED) is 0.318. The van der Waals surface area contributed by atoms with Gasteiger partial charge >= 0.3 is 0 Å². The molecule has 0 atom stereocenters. The second kappa shape index (κ2) is 7.45. The van der Waals surface area contributed by atoms with Gasteiger partial charge in [-0.1, -0.05) is 47.7 Å². The van der Waals surface area contributed by atoms with E-state index >= 15 is 0 Å². The number of nitro benzene ring substituents is 1. The predicted molar refractivity (Wildman–Crippen MR) is 107 cm³/mol. The molecule has 1 aliphatic heterocycles. The first-order chi connectivity index (χ1) is 12.4. The van der Waals surface area contributed by atoms with E-state index in [0.29, 0.717) is 31.2 Å². The molecule has 1 aliphatic rings. The van der Waals surface area contributed by atoms with Gasteiger partial charge in [0.25, 0.3) is 11.6 Å². The molecule has 132 valence electrons. The number of carbonyl (C=O) groups is 1. The van der Waals surface area contributed by atoms with Gasteiger partial charge < -0.3 is 4.74 Å². The summed E-state index contributed by atoms with van der Waals surface area (Å²) in [6, 6.07) is 11.1. The molecule has 0 bridgehead atoms. The Labute approximate surface area is 163 Å². The lowest BCUT2D eigenvalue weighted by Gasteiger charge is -2.15. The summed E-state index contributed by atoms with van der Waals surface area (Å²) < 4.78 is 5.42. The average Bonchev–Trinajstić information content (AvgIpc) is 2.88. The molecule has 0 spiro atoms. The lowest BCUT2D eigenvalue weighted by molar-refractivity contribution is -0.385. The highest BCUT2D eigenvalue weighted by molar-refractivity contribution is 8.27. The van der Waals surface area contributed by atoms with Gasteiger partial charge in [-0.2, -0.15) is 0 Å². The van der Waals surface area contributed by atoms with Crippen molar-refractivity contribution in [2.75, 3.05) is 12.0 Å². The van der Waals surface area contributed by atoms with E-state index in [1.165, 1.54) is 24.2 Å². The normalized spacial score (nSPS) is 15.6. The Hall–Kier alpha value is -2.42. The molecular weight excluding hydrogens is 396 g/mol. The highest BCUT2D eigenvalue weighted by Gasteiger charge is 2.34. The van der Waals surface area contributed by atoms with E-state index in [1.807, 2.05) is 0 Å². The molecule has 1 saturated heterocycles. The summed E-state index contributed by atoms with van der Waals surface area (Å²) in [5.74, 6) is 0.121. The molecule has 2 aromatic carbocycles. The van der Waals surface area contributed by atoms with E-state index in [0.717, 1.165) is 11.8 Å². The van der Waals surface area contributed by atoms with Crippen molar-refractivity contribution >= 4 is 63.3 Å². The van der Waals surface area contributed by atoms with E-state index in [4.69, 9.17) is 28.6 Å². The zero-order valence-electron chi connectivity index (χ0n) is 13.3. The monoisotopic (exact) mass is 406 g/mol. The van der Waals surface area contributed by atoms with Crippen molar-refractivity contribution in [2.24, 2.45) is 0 Å². The van der Waals surface area contributed by atoms with Crippen LogP contribution < -0.4 is 9.64 Å². The summed E-state index contributed by atoms with van der Waals surface area (Å²) >= 11 is 12.5. The minimum atomic E-state index is -0.490. The summed E-state index contributed by atoms with van der Waals surface area (Å²) in [5, 5.41) is 11.5. The molecule has 0 aliphatic carbocycles. The van der Waals surface area contributed by atoms with Crippen LogP contribution >= 0.6 is 35.6 Å². The van der Waals surface area contributed by atoms with Crippen LogP contribution in [0.15, 0.2) is 47.4 Å². The molecule has 9 heteroatoms. The minimum Gasteiger partial charge on any atom is -0.495 e. The van der Waals surface area contributed by atoms with E-state index in [1.54, 1.807) is 36.4 Å². The number of para-hydroxylation sites is 1. The van der Waals surface area contributed by atoms with Crippen molar-refractivity contribution in [2.45, 2.75) is 0 Å². The molecule has 6 nitrogen and oxygen atoms in total. The van der Waals surface area contributed by atoms with E-state index < -0.39 is 4.92 Å². The Balaban J connectivity index is 1.97. The van der Waals surface area contributed by atoms with Crippen molar-refractivity contribution < 1.29 is 14.5 Å². The molecule has 0 N–H and O–H groups in total. The van der Waals surface area contributed by atoms with Crippen LogP contribution in [-0.4, -0.2) is 22.3 Å². The number of hydrogen-bond donors (Lipinski definition) is 0. The molecule has 26 heavy (non-hydrogen) atoms. The maximum Gasteiger partial charge on any atom is 0.276 e. The highest BCUT2D eigenvalue weighted by Crippen LogP contribution is 2.39. The number of ether oxygens (including phenoxy) is 1. The number of hydrogen-bond acceptors (Lipinski definition) is 6. The van der Waals surface area contributed by atoms with Crippen molar-refractivity contribution in [3.05, 3.63) is 68.1 Å². The van der Waals surface area contributed by atoms with Crippen molar-refractivity contribution in [3.63, 3.8) is 0 Å². The van der Waals surface area contributed by atoms with Gasteiger partial charge in [0.1, 0.15) is 5.75 Å². The van der Waals surface area contributed by atoms with Gasteiger partial charge in [0.05, 0.1) is 33.2 Å². The zero-order chi connectivity index (χ0) is 18.8. The topological polar surface area (TPSA) is 72.7 Å². The number of carbonyl (C=O) groups excluding carboxylic acids is 1. The lowest BCUT2D eigenvalue weighted by atomic mass is 10.1. The second-order valence-electron chi connectivity index (χ2n) is 5.15. The number of nitro groups is 1. The standard InChI is InChI=1S/C17H11ClN2O4S2/c1-24-14-7-6-11(9-12(14)18)19-16(21)15(26-17(19)25)8-10-4-2-3-5-13(10)20(22)23/h2-9H,1H3/b15-8+. The van der Waals surface area contributed by atoms with Gasteiger partial charge in [0.15, 0.2) is 4.32 Å². The van der Waals surface area contributed by atoms with Crippen molar-refractivity contribution in [3.8, 4) is 5.75 Å². The molecule has 0 unspecified atom stereocenters. The number of benzene rings is 2. The fourth-order valence-corrected chi connectivity index (χ4v) is 3.94. The van der Waals surface area contributed by atoms with Crippen LogP contribution in [0.3, 0.4) is 0 Å². The Morgan fingerprint density at radius 3 is 2.69 bits per heavy atom. The number of thioether (sulfide) groups is 1. The molecule has 3 rings (SSSR count). The van der Waals surface area contributed by atoms with Crippen LogP contribution in [0, 0.1) is 10.1 Å². The smallest absolute Gasteiger partial charge is 0.276 e. The SMILES string of the molecule is COc1ccc(N2C(=O)/C(=C\c3ccccc3[N+](=O)[O-])SC2=S)cc1Cl. The third-order valence-electron chi connectivity index (χ3n) is 3.61. The fraction of sp³-hybridized carbons (Fsp3) is 0.0588. The van der Waals surface area contributed by atoms with Gasteiger partial charge in [-0.05, 0) is 30.3 Å². The number of amides is 1. The minimum absolute atomic E-state index is 0.0785. The van der Waals surface area contributed by atoms with Gasteiger partial charge in [-0.25, -0.2) is 0 Å². The zero-order valence-corrected chi connectivity index (χ0v) is 15.7. The summed E-state index contributed by atoms with van der Waals surface area (Å²) in [4.78, 5) is 25.1. The largest absolute Gasteiger partial charge is 0.495 e. The number of thiocarbonyl (C=S) groups is 1. The van der Waals surface area contributed by atoms with Crippen LogP contribution in [0.2, 0.25) is 5.02 Å². The van der Waals surface area contributed by atoms with Gasteiger partial charge in [0.2, 0.25) is 0 Å². The predicted octanol–water partition coefficient (Wildman–Crippen LogP) is 4.66. The Kier molecular flexibility index (Phi) is 5.26. The average molecular weight is 407 g/mol. The lowest BCUT2D eigenvalue weighted by Crippen LogP contribution is -2.27.